The zero-order valence-electron chi connectivity index (χ0n) is 10.1. The molecule has 0 aliphatic rings. The SMILES string of the molecule is COc1c(N)cccc1-c1cc(C(=O)O)c(C)o1. The van der Waals surface area contributed by atoms with Crippen molar-refractivity contribution in [3.05, 3.63) is 35.6 Å². The Labute approximate surface area is 104 Å². The summed E-state index contributed by atoms with van der Waals surface area (Å²) < 4.78 is 10.7. The van der Waals surface area contributed by atoms with Crippen LogP contribution in [-0.4, -0.2) is 18.2 Å². The third-order valence-electron chi connectivity index (χ3n) is 2.66. The first-order chi connectivity index (χ1) is 8.54. The van der Waals surface area contributed by atoms with E-state index in [2.05, 4.69) is 0 Å². The van der Waals surface area contributed by atoms with Crippen LogP contribution in [-0.2, 0) is 0 Å². The molecule has 0 saturated heterocycles. The Balaban J connectivity index is 2.59. The molecule has 2 rings (SSSR count). The number of para-hydroxylation sites is 1. The molecule has 0 aliphatic carbocycles. The van der Waals surface area contributed by atoms with Gasteiger partial charge >= 0.3 is 5.97 Å². The zero-order chi connectivity index (χ0) is 13.3. The van der Waals surface area contributed by atoms with E-state index in [-0.39, 0.29) is 5.56 Å². The molecule has 0 amide bonds. The van der Waals surface area contributed by atoms with Crippen LogP contribution in [0.1, 0.15) is 16.1 Å². The molecule has 0 aliphatic heterocycles. The predicted octanol–water partition coefficient (Wildman–Crippen LogP) is 2.54. The van der Waals surface area contributed by atoms with Crippen LogP contribution in [0.25, 0.3) is 11.3 Å². The normalized spacial score (nSPS) is 10.3. The van der Waals surface area contributed by atoms with Crippen LogP contribution in [0.4, 0.5) is 5.69 Å². The number of nitrogen functional groups attached to an aromatic ring is 1. The maximum absolute atomic E-state index is 11.0. The van der Waals surface area contributed by atoms with E-state index in [9.17, 15) is 4.79 Å². The highest BCUT2D eigenvalue weighted by Gasteiger charge is 2.18. The number of anilines is 1. The second-order valence-corrected chi connectivity index (χ2v) is 3.81. The first-order valence-corrected chi connectivity index (χ1v) is 5.31. The van der Waals surface area contributed by atoms with E-state index >= 15 is 0 Å². The molecule has 3 N–H and O–H groups in total. The standard InChI is InChI=1S/C13H13NO4/c1-7-9(13(15)16)6-11(18-7)8-4-3-5-10(14)12(8)17-2/h3-6H,14H2,1-2H3,(H,15,16). The van der Waals surface area contributed by atoms with Gasteiger partial charge in [0.2, 0.25) is 0 Å². The molecule has 5 nitrogen and oxygen atoms in total. The van der Waals surface area contributed by atoms with Crippen LogP contribution in [0.2, 0.25) is 0 Å². The van der Waals surface area contributed by atoms with E-state index in [1.165, 1.54) is 13.2 Å². The number of aromatic carboxylic acids is 1. The van der Waals surface area contributed by atoms with Gasteiger partial charge in [-0.1, -0.05) is 6.07 Å². The number of nitrogens with two attached hydrogens (primary N) is 1. The number of hydrogen-bond acceptors (Lipinski definition) is 4. The molecule has 0 fully saturated rings. The van der Waals surface area contributed by atoms with Crippen LogP contribution in [0.5, 0.6) is 5.75 Å². The first-order valence-electron chi connectivity index (χ1n) is 5.31. The fraction of sp³-hybridized carbons (Fsp3) is 0.154. The molecule has 5 heteroatoms. The van der Waals surface area contributed by atoms with Gasteiger partial charge in [0.05, 0.1) is 18.4 Å². The van der Waals surface area contributed by atoms with E-state index in [1.54, 1.807) is 25.1 Å². The number of carbonyl (C=O) groups is 1. The van der Waals surface area contributed by atoms with Gasteiger partial charge in [-0.3, -0.25) is 0 Å². The largest absolute Gasteiger partial charge is 0.494 e. The van der Waals surface area contributed by atoms with E-state index in [0.717, 1.165) is 0 Å². The van der Waals surface area contributed by atoms with Crippen molar-refractivity contribution in [2.75, 3.05) is 12.8 Å². The fourth-order valence-corrected chi connectivity index (χ4v) is 1.80. The van der Waals surface area contributed by atoms with Gasteiger partial charge < -0.3 is 20.0 Å². The summed E-state index contributed by atoms with van der Waals surface area (Å²) >= 11 is 0. The first kappa shape index (κ1) is 12.0. The summed E-state index contributed by atoms with van der Waals surface area (Å²) in [7, 11) is 1.50. The lowest BCUT2D eigenvalue weighted by Crippen LogP contribution is -1.95. The lowest BCUT2D eigenvalue weighted by Gasteiger charge is -2.08. The Hall–Kier alpha value is -2.43. The Bertz CT molecular complexity index is 601. The van der Waals surface area contributed by atoms with E-state index in [4.69, 9.17) is 20.0 Å². The fourth-order valence-electron chi connectivity index (χ4n) is 1.80. The molecule has 0 spiro atoms. The van der Waals surface area contributed by atoms with Gasteiger partial charge in [0, 0.05) is 0 Å². The summed E-state index contributed by atoms with van der Waals surface area (Å²) in [6.45, 7) is 1.60. The summed E-state index contributed by atoms with van der Waals surface area (Å²) in [5.41, 5.74) is 7.03. The summed E-state index contributed by atoms with van der Waals surface area (Å²) in [6.07, 6.45) is 0. The van der Waals surface area contributed by atoms with Crippen molar-refractivity contribution in [1.82, 2.24) is 0 Å². The summed E-state index contributed by atoms with van der Waals surface area (Å²) in [5, 5.41) is 8.99. The molecule has 0 radical (unpaired) electrons. The summed E-state index contributed by atoms with van der Waals surface area (Å²) in [4.78, 5) is 11.0. The van der Waals surface area contributed by atoms with Gasteiger partial charge in [0.15, 0.2) is 5.75 Å². The summed E-state index contributed by atoms with van der Waals surface area (Å²) in [6, 6.07) is 6.69. The minimum atomic E-state index is -1.02. The second kappa shape index (κ2) is 4.44. The molecule has 1 heterocycles. The van der Waals surface area contributed by atoms with Gasteiger partial charge in [-0.25, -0.2) is 4.79 Å². The van der Waals surface area contributed by atoms with Crippen LogP contribution < -0.4 is 10.5 Å². The van der Waals surface area contributed by atoms with Crippen molar-refractivity contribution >= 4 is 11.7 Å². The minimum Gasteiger partial charge on any atom is -0.494 e. The van der Waals surface area contributed by atoms with Crippen molar-refractivity contribution in [3.63, 3.8) is 0 Å². The van der Waals surface area contributed by atoms with Crippen molar-refractivity contribution in [2.24, 2.45) is 0 Å². The number of carboxylic acids is 1. The smallest absolute Gasteiger partial charge is 0.339 e. The van der Waals surface area contributed by atoms with E-state index in [1.807, 2.05) is 0 Å². The Morgan fingerprint density at radius 2 is 2.17 bits per heavy atom. The van der Waals surface area contributed by atoms with Gasteiger partial charge in [-0.2, -0.15) is 0 Å². The van der Waals surface area contributed by atoms with Crippen LogP contribution >= 0.6 is 0 Å². The Morgan fingerprint density at radius 1 is 1.44 bits per heavy atom. The number of hydrogen-bond donors (Lipinski definition) is 2. The zero-order valence-corrected chi connectivity index (χ0v) is 10.1. The Morgan fingerprint density at radius 3 is 2.72 bits per heavy atom. The highest BCUT2D eigenvalue weighted by Crippen LogP contribution is 2.36. The van der Waals surface area contributed by atoms with Gasteiger partial charge in [-0.05, 0) is 25.1 Å². The second-order valence-electron chi connectivity index (χ2n) is 3.81. The number of benzene rings is 1. The van der Waals surface area contributed by atoms with Crippen LogP contribution in [0, 0.1) is 6.92 Å². The van der Waals surface area contributed by atoms with Gasteiger partial charge in [-0.15, -0.1) is 0 Å². The average Bonchev–Trinajstić information content (AvgIpc) is 2.71. The lowest BCUT2D eigenvalue weighted by molar-refractivity contribution is 0.0695. The van der Waals surface area contributed by atoms with E-state index in [0.29, 0.717) is 28.5 Å². The number of methoxy groups -OCH3 is 1. The number of carboxylic acid groups (broad SMARTS) is 1. The molecule has 0 bridgehead atoms. The van der Waals surface area contributed by atoms with E-state index < -0.39 is 5.97 Å². The number of aryl methyl sites for hydroxylation is 1. The number of furan rings is 1. The molecular formula is C13H13NO4. The maximum Gasteiger partial charge on any atom is 0.339 e. The molecule has 1 aromatic heterocycles. The molecule has 94 valence electrons. The quantitative estimate of drug-likeness (QED) is 0.814. The molecule has 0 atom stereocenters. The Kier molecular flexibility index (Phi) is 2.97. The number of ether oxygens (including phenoxy) is 1. The van der Waals surface area contributed by atoms with Gasteiger partial charge in [0.1, 0.15) is 17.1 Å². The van der Waals surface area contributed by atoms with Crippen LogP contribution in [0.15, 0.2) is 28.7 Å². The van der Waals surface area contributed by atoms with Crippen molar-refractivity contribution in [1.29, 1.82) is 0 Å². The highest BCUT2D eigenvalue weighted by atomic mass is 16.5. The predicted molar refractivity (Wildman–Crippen MR) is 66.8 cm³/mol. The number of rotatable bonds is 3. The third kappa shape index (κ3) is 1.90. The molecule has 18 heavy (non-hydrogen) atoms. The average molecular weight is 247 g/mol. The van der Waals surface area contributed by atoms with Crippen molar-refractivity contribution < 1.29 is 19.1 Å². The molecular weight excluding hydrogens is 234 g/mol. The van der Waals surface area contributed by atoms with Crippen molar-refractivity contribution in [2.45, 2.75) is 6.92 Å². The summed E-state index contributed by atoms with van der Waals surface area (Å²) in [5.74, 6) is 0.226. The molecule has 0 saturated carbocycles. The molecule has 2 aromatic rings. The molecule has 0 unspecified atom stereocenters. The topological polar surface area (TPSA) is 85.7 Å². The van der Waals surface area contributed by atoms with Crippen molar-refractivity contribution in [3.8, 4) is 17.1 Å². The highest BCUT2D eigenvalue weighted by molar-refractivity contribution is 5.90. The minimum absolute atomic E-state index is 0.134. The van der Waals surface area contributed by atoms with Gasteiger partial charge in [0.25, 0.3) is 0 Å². The maximum atomic E-state index is 11.0. The third-order valence-corrected chi connectivity index (χ3v) is 2.66. The monoisotopic (exact) mass is 247 g/mol. The molecule has 1 aromatic carbocycles. The lowest BCUT2D eigenvalue weighted by atomic mass is 10.1. The van der Waals surface area contributed by atoms with Crippen LogP contribution in [0.3, 0.4) is 0 Å².